The Balaban J connectivity index is 2.05. The first-order chi connectivity index (χ1) is 10.2. The first-order valence-electron chi connectivity index (χ1n) is 7.59. The number of hydrogen-bond donors (Lipinski definition) is 1. The van der Waals surface area contributed by atoms with Crippen molar-refractivity contribution in [3.05, 3.63) is 71.8 Å². The molecule has 3 atom stereocenters. The molecule has 0 spiro atoms. The van der Waals surface area contributed by atoms with Crippen LogP contribution in [-0.2, 0) is 0 Å². The zero-order chi connectivity index (χ0) is 14.8. The predicted molar refractivity (Wildman–Crippen MR) is 79.2 cm³/mol. The zero-order valence-corrected chi connectivity index (χ0v) is 10.9. The summed E-state index contributed by atoms with van der Waals surface area (Å²) in [5, 5.41) is 1.41. The highest BCUT2D eigenvalue weighted by molar-refractivity contribution is 5.84. The monoisotopic (exact) mass is 252 g/mol. The highest BCUT2D eigenvalue weighted by Crippen LogP contribution is 2.36. The van der Waals surface area contributed by atoms with Gasteiger partial charge in [-0.25, -0.2) is 0 Å². The van der Waals surface area contributed by atoms with E-state index in [0.29, 0.717) is 5.84 Å². The highest BCUT2D eigenvalue weighted by Gasteiger charge is 2.30. The SMILES string of the molecule is [2H]C(C)C1=N[C@@H](c2ccccc2)[C@H](c2ccccc2)N1[2H]. The molecule has 0 fully saturated rings. The molecule has 1 N–H and O–H groups in total. The van der Waals surface area contributed by atoms with Crippen molar-refractivity contribution in [2.75, 3.05) is 0 Å². The number of nitrogens with one attached hydrogen (secondary N) is 1. The number of rotatable bonds is 3. The average molecular weight is 252 g/mol. The lowest BCUT2D eigenvalue weighted by Crippen LogP contribution is -2.23. The molecule has 0 saturated heterocycles. The second-order valence-electron chi connectivity index (χ2n) is 4.62. The molecule has 2 heteroatoms. The molecule has 0 aliphatic carbocycles. The fourth-order valence-electron chi connectivity index (χ4n) is 2.42. The van der Waals surface area contributed by atoms with Gasteiger partial charge in [-0.1, -0.05) is 67.6 Å². The van der Waals surface area contributed by atoms with Crippen LogP contribution in [0.4, 0.5) is 0 Å². The van der Waals surface area contributed by atoms with Gasteiger partial charge in [0, 0.05) is 7.77 Å². The summed E-state index contributed by atoms with van der Waals surface area (Å²) < 4.78 is 16.3. The van der Waals surface area contributed by atoms with Gasteiger partial charge < -0.3 is 5.31 Å². The summed E-state index contributed by atoms with van der Waals surface area (Å²) in [5.74, 6) is 0.526. The van der Waals surface area contributed by atoms with E-state index in [9.17, 15) is 0 Å². The summed E-state index contributed by atoms with van der Waals surface area (Å²) in [5.41, 5.74) is 2.14. The van der Waals surface area contributed by atoms with Crippen LogP contribution in [-0.4, -0.2) is 5.84 Å². The number of nitrogens with zero attached hydrogens (tertiary/aromatic N) is 1. The van der Waals surface area contributed by atoms with Crippen LogP contribution in [0.15, 0.2) is 65.7 Å². The van der Waals surface area contributed by atoms with Gasteiger partial charge in [-0.15, -0.1) is 0 Å². The number of benzene rings is 2. The standard InChI is InChI=1S/C17H18N2/c1-2-15-18-16(13-9-5-3-6-10-13)17(19-15)14-11-7-4-8-12-14/h3-12,16-17H,2H2,1H3,(H,18,19)/t16-,17-/m0/s1/i2D/hD/t2?,16-,17-. The second-order valence-corrected chi connectivity index (χ2v) is 4.62. The maximum atomic E-state index is 8.38. The van der Waals surface area contributed by atoms with Crippen molar-refractivity contribution in [2.45, 2.75) is 25.4 Å². The van der Waals surface area contributed by atoms with E-state index in [2.05, 4.69) is 4.99 Å². The van der Waals surface area contributed by atoms with Crippen LogP contribution >= 0.6 is 0 Å². The third-order valence-corrected chi connectivity index (χ3v) is 3.38. The van der Waals surface area contributed by atoms with E-state index in [1.165, 1.54) is 5.31 Å². The Bertz CT molecular complexity index is 626. The van der Waals surface area contributed by atoms with Gasteiger partial charge in [-0.05, 0) is 11.1 Å². The van der Waals surface area contributed by atoms with Crippen molar-refractivity contribution in [2.24, 2.45) is 4.99 Å². The largest absolute Gasteiger partial charge is 0.364 e. The molecule has 0 bridgehead atoms. The molecular weight excluding hydrogens is 232 g/mol. The zero-order valence-electron chi connectivity index (χ0n) is 12.9. The lowest BCUT2D eigenvalue weighted by molar-refractivity contribution is 0.571. The molecule has 0 saturated carbocycles. The molecule has 2 aromatic rings. The number of aliphatic imine (C=N–C) groups is 1. The second kappa shape index (κ2) is 5.27. The van der Waals surface area contributed by atoms with Gasteiger partial charge in [-0.2, -0.15) is 0 Å². The maximum absolute atomic E-state index is 8.38. The summed E-state index contributed by atoms with van der Waals surface area (Å²) >= 11 is 0. The molecule has 0 radical (unpaired) electrons. The van der Waals surface area contributed by atoms with Crippen LogP contribution in [0.25, 0.3) is 0 Å². The molecule has 96 valence electrons. The quantitative estimate of drug-likeness (QED) is 0.880. The average Bonchev–Trinajstić information content (AvgIpc) is 2.87. The molecule has 1 unspecified atom stereocenters. The van der Waals surface area contributed by atoms with Gasteiger partial charge in [0.25, 0.3) is 0 Å². The summed E-state index contributed by atoms with van der Waals surface area (Å²) in [7, 11) is 0. The highest BCUT2D eigenvalue weighted by atomic mass is 15.1. The van der Waals surface area contributed by atoms with Gasteiger partial charge in [0.1, 0.15) is 6.04 Å². The van der Waals surface area contributed by atoms with Gasteiger partial charge >= 0.3 is 0 Å². The Morgan fingerprint density at radius 3 is 2.21 bits per heavy atom. The van der Waals surface area contributed by atoms with Crippen molar-refractivity contribution in [1.82, 2.24) is 5.31 Å². The van der Waals surface area contributed by atoms with Crippen LogP contribution in [0.3, 0.4) is 0 Å². The Hall–Kier alpha value is -2.09. The van der Waals surface area contributed by atoms with Crippen LogP contribution in [0.1, 0.15) is 37.9 Å². The first kappa shape index (κ1) is 9.79. The molecule has 1 aliphatic heterocycles. The van der Waals surface area contributed by atoms with Crippen molar-refractivity contribution in [3.8, 4) is 0 Å². The molecule has 19 heavy (non-hydrogen) atoms. The Kier molecular flexibility index (Phi) is 2.71. The minimum atomic E-state index is -0.498. The fraction of sp³-hybridized carbons (Fsp3) is 0.235. The van der Waals surface area contributed by atoms with E-state index >= 15 is 0 Å². The van der Waals surface area contributed by atoms with E-state index in [-0.39, 0.29) is 12.1 Å². The van der Waals surface area contributed by atoms with Crippen molar-refractivity contribution in [1.29, 1.82) is 0 Å². The van der Waals surface area contributed by atoms with Crippen molar-refractivity contribution >= 4 is 5.84 Å². The third kappa shape index (κ3) is 2.39. The molecule has 0 amide bonds. The van der Waals surface area contributed by atoms with Crippen LogP contribution in [0.5, 0.6) is 0 Å². The van der Waals surface area contributed by atoms with Gasteiger partial charge in [0.15, 0.2) is 1.41 Å². The van der Waals surface area contributed by atoms with Crippen LogP contribution in [0.2, 0.25) is 1.41 Å². The Labute approximate surface area is 117 Å². The summed E-state index contributed by atoms with van der Waals surface area (Å²) in [6, 6.07) is 19.7. The lowest BCUT2D eigenvalue weighted by atomic mass is 9.95. The Morgan fingerprint density at radius 1 is 1.05 bits per heavy atom. The lowest BCUT2D eigenvalue weighted by Gasteiger charge is -2.19. The molecule has 2 aromatic carbocycles. The predicted octanol–water partition coefficient (Wildman–Crippen LogP) is 3.88. The molecule has 2 nitrogen and oxygen atoms in total. The number of hydrogen-bond acceptors (Lipinski definition) is 2. The van der Waals surface area contributed by atoms with E-state index in [0.717, 1.165) is 11.1 Å². The van der Waals surface area contributed by atoms with E-state index in [1.54, 1.807) is 6.92 Å². The van der Waals surface area contributed by atoms with Crippen molar-refractivity contribution < 1.29 is 2.78 Å². The summed E-state index contributed by atoms with van der Waals surface area (Å²) in [6.45, 7) is 1.76. The molecule has 1 aliphatic rings. The topological polar surface area (TPSA) is 24.4 Å². The van der Waals surface area contributed by atoms with Gasteiger partial charge in [-0.3, -0.25) is 4.99 Å². The van der Waals surface area contributed by atoms with Gasteiger partial charge in [0.2, 0.25) is 0 Å². The smallest absolute Gasteiger partial charge is 0.162 e. The number of amidine groups is 1. The van der Waals surface area contributed by atoms with Gasteiger partial charge in [0.05, 0.1) is 11.9 Å². The van der Waals surface area contributed by atoms with Crippen LogP contribution in [0, 0.1) is 0 Å². The third-order valence-electron chi connectivity index (χ3n) is 3.38. The first-order valence-corrected chi connectivity index (χ1v) is 6.56. The normalized spacial score (nSPS) is 25.5. The molecular formula is C17H18N2. The maximum Gasteiger partial charge on any atom is 0.162 e. The molecule has 1 heterocycles. The minimum Gasteiger partial charge on any atom is -0.364 e. The van der Waals surface area contributed by atoms with Crippen molar-refractivity contribution in [3.63, 3.8) is 0 Å². The van der Waals surface area contributed by atoms with E-state index in [4.69, 9.17) is 2.78 Å². The van der Waals surface area contributed by atoms with E-state index in [1.807, 2.05) is 60.7 Å². The van der Waals surface area contributed by atoms with Crippen LogP contribution < -0.4 is 5.31 Å². The summed E-state index contributed by atoms with van der Waals surface area (Å²) in [4.78, 5) is 4.66. The Morgan fingerprint density at radius 2 is 1.63 bits per heavy atom. The molecule has 3 rings (SSSR count). The van der Waals surface area contributed by atoms with E-state index < -0.39 is 6.40 Å². The summed E-state index contributed by atoms with van der Waals surface area (Å²) in [6.07, 6.45) is -0.498. The molecule has 0 aromatic heterocycles. The fourth-order valence-corrected chi connectivity index (χ4v) is 2.42. The minimum absolute atomic E-state index is 0.131.